The van der Waals surface area contributed by atoms with Crippen LogP contribution in [0, 0.1) is 0 Å². The minimum Gasteiger partial charge on any atom is -0.390 e. The molecule has 6 nitrogen and oxygen atoms in total. The number of hydrogen-bond acceptors (Lipinski definition) is 5. The molecule has 3 atom stereocenters. The summed E-state index contributed by atoms with van der Waals surface area (Å²) in [6.45, 7) is 5.58. The minimum atomic E-state index is -4.20. The number of nitrogens with two attached hydrogens (primary N) is 1. The van der Waals surface area contributed by atoms with E-state index in [0.29, 0.717) is 34.4 Å². The lowest BCUT2D eigenvalue weighted by Gasteiger charge is -2.39. The molecule has 1 aliphatic heterocycles. The number of benzene rings is 2. The Morgan fingerprint density at radius 2 is 1.71 bits per heavy atom. The second-order valence-corrected chi connectivity index (χ2v) is 9.08. The fourth-order valence-electron chi connectivity index (χ4n) is 3.62. The molecule has 1 heterocycles. The van der Waals surface area contributed by atoms with Crippen LogP contribution in [-0.2, 0) is 10.1 Å². The number of hydrogen-bond donors (Lipinski definition) is 3. The molecular formula is C20H29ClN2O4S. The average molecular weight is 429 g/mol. The van der Waals surface area contributed by atoms with Crippen molar-refractivity contribution < 1.29 is 18.1 Å². The maximum absolute atomic E-state index is 11.1. The van der Waals surface area contributed by atoms with E-state index in [-0.39, 0.29) is 11.0 Å². The van der Waals surface area contributed by atoms with Crippen LogP contribution < -0.4 is 5.73 Å². The first-order valence-electron chi connectivity index (χ1n) is 9.43. The molecule has 0 bridgehead atoms. The molecule has 0 aliphatic carbocycles. The number of likely N-dealkylation sites (tertiary alicyclic amines) is 1. The van der Waals surface area contributed by atoms with Gasteiger partial charge in [0, 0.05) is 41.0 Å². The topological polar surface area (TPSA) is 104 Å². The zero-order chi connectivity index (χ0) is 20.9. The summed E-state index contributed by atoms with van der Waals surface area (Å²) in [7, 11) is -4.20. The molecule has 0 unspecified atom stereocenters. The van der Waals surface area contributed by atoms with Gasteiger partial charge in [-0.05, 0) is 38.8 Å². The van der Waals surface area contributed by atoms with E-state index in [0.717, 1.165) is 6.54 Å². The van der Waals surface area contributed by atoms with E-state index in [9.17, 15) is 13.5 Å². The van der Waals surface area contributed by atoms with Crippen LogP contribution in [0.3, 0.4) is 0 Å². The van der Waals surface area contributed by atoms with Gasteiger partial charge in [-0.3, -0.25) is 9.45 Å². The third kappa shape index (κ3) is 5.89. The van der Waals surface area contributed by atoms with E-state index in [4.69, 9.17) is 21.9 Å². The van der Waals surface area contributed by atoms with Gasteiger partial charge < -0.3 is 10.8 Å². The van der Waals surface area contributed by atoms with Crippen molar-refractivity contribution in [3.63, 3.8) is 0 Å². The predicted molar refractivity (Wildman–Crippen MR) is 113 cm³/mol. The van der Waals surface area contributed by atoms with Gasteiger partial charge in [-0.15, -0.1) is 0 Å². The summed E-state index contributed by atoms with van der Waals surface area (Å²) in [5.74, 6) is 0. The normalized spacial score (nSPS) is 21.8. The summed E-state index contributed by atoms with van der Waals surface area (Å²) in [5, 5.41) is 11.0. The molecule has 1 saturated heterocycles. The molecule has 4 N–H and O–H groups in total. The largest absolute Gasteiger partial charge is 0.390 e. The Morgan fingerprint density at radius 3 is 2.29 bits per heavy atom. The molecule has 1 aliphatic rings. The molecule has 156 valence electrons. The van der Waals surface area contributed by atoms with Crippen molar-refractivity contribution in [3.8, 4) is 0 Å². The van der Waals surface area contributed by atoms with Crippen molar-refractivity contribution in [1.29, 1.82) is 0 Å². The van der Waals surface area contributed by atoms with Crippen LogP contribution in [0.4, 0.5) is 0 Å². The van der Waals surface area contributed by atoms with Crippen molar-refractivity contribution in [2.45, 2.75) is 56.2 Å². The number of β-amino-alcohol motifs (C(OH)–C–C–N with tert-alkyl or cyclic N) is 1. The second kappa shape index (κ2) is 10.0. The zero-order valence-electron chi connectivity index (χ0n) is 16.3. The summed E-state index contributed by atoms with van der Waals surface area (Å²) in [5.41, 5.74) is 5.40. The Morgan fingerprint density at radius 1 is 1.14 bits per heavy atom. The number of nitrogens with zero attached hydrogens (tertiary/aromatic N) is 1. The minimum absolute atomic E-state index is 0.123. The Bertz CT molecular complexity index is 881. The van der Waals surface area contributed by atoms with Crippen molar-refractivity contribution >= 4 is 32.5 Å². The van der Waals surface area contributed by atoms with Crippen LogP contribution in [0.25, 0.3) is 10.8 Å². The molecule has 3 rings (SSSR count). The Hall–Kier alpha value is -1.22. The number of aliphatic hydroxyl groups excluding tert-OH is 1. The van der Waals surface area contributed by atoms with E-state index in [1.807, 2.05) is 0 Å². The summed E-state index contributed by atoms with van der Waals surface area (Å²) < 4.78 is 31.1. The SMILES string of the molecule is C[C@@H]1CCC[C@H](C)N1C[C@H](O)CN.O=S(=O)(O)c1cccc2c(Cl)cccc12. The van der Waals surface area contributed by atoms with E-state index in [2.05, 4.69) is 18.7 Å². The van der Waals surface area contributed by atoms with Crippen molar-refractivity contribution in [3.05, 3.63) is 41.4 Å². The number of fused-ring (bicyclic) bond motifs is 1. The number of halogens is 1. The van der Waals surface area contributed by atoms with E-state index >= 15 is 0 Å². The number of rotatable bonds is 4. The third-order valence-electron chi connectivity index (χ3n) is 5.18. The molecule has 0 aromatic heterocycles. The van der Waals surface area contributed by atoms with Gasteiger partial charge in [0.1, 0.15) is 4.90 Å². The van der Waals surface area contributed by atoms with E-state index in [1.165, 1.54) is 31.4 Å². The van der Waals surface area contributed by atoms with Crippen LogP contribution in [0.2, 0.25) is 5.02 Å². The molecule has 0 saturated carbocycles. The highest BCUT2D eigenvalue weighted by atomic mass is 35.5. The highest BCUT2D eigenvalue weighted by molar-refractivity contribution is 7.86. The number of piperidine rings is 1. The van der Waals surface area contributed by atoms with Gasteiger partial charge in [0.2, 0.25) is 0 Å². The first kappa shape index (κ1) is 23.1. The molecule has 0 amide bonds. The second-order valence-electron chi connectivity index (χ2n) is 7.28. The molecule has 28 heavy (non-hydrogen) atoms. The van der Waals surface area contributed by atoms with Gasteiger partial charge >= 0.3 is 0 Å². The summed E-state index contributed by atoms with van der Waals surface area (Å²) >= 11 is 5.90. The molecular weight excluding hydrogens is 400 g/mol. The van der Waals surface area contributed by atoms with Gasteiger partial charge in [0.15, 0.2) is 0 Å². The van der Waals surface area contributed by atoms with Crippen LogP contribution in [0.15, 0.2) is 41.3 Å². The standard InChI is InChI=1S/C10H7ClO3S.C10H22N2O/c11-9-5-1-4-8-7(9)3-2-6-10(8)15(12,13)14;1-8-4-3-5-9(2)12(8)7-10(13)6-11/h1-6H,(H,12,13,14);8-10,13H,3-7,11H2,1-2H3/t;8-,9+,10-/m.1/s1. The predicted octanol–water partition coefficient (Wildman–Crippen LogP) is 3.31. The Balaban J connectivity index is 0.000000203. The van der Waals surface area contributed by atoms with Crippen molar-refractivity contribution in [1.82, 2.24) is 4.90 Å². The lowest BCUT2D eigenvalue weighted by Crippen LogP contribution is -2.48. The highest BCUT2D eigenvalue weighted by Gasteiger charge is 2.25. The van der Waals surface area contributed by atoms with Crippen molar-refractivity contribution in [2.75, 3.05) is 13.1 Å². The molecule has 0 radical (unpaired) electrons. The molecule has 8 heteroatoms. The Kier molecular flexibility index (Phi) is 8.24. The first-order chi connectivity index (χ1) is 13.1. The highest BCUT2D eigenvalue weighted by Crippen LogP contribution is 2.28. The van der Waals surface area contributed by atoms with Gasteiger partial charge in [-0.1, -0.05) is 42.3 Å². The maximum Gasteiger partial charge on any atom is 0.295 e. The monoisotopic (exact) mass is 428 g/mol. The van der Waals surface area contributed by atoms with Gasteiger partial charge in [0.05, 0.1) is 6.10 Å². The molecule has 2 aromatic rings. The molecule has 0 spiro atoms. The smallest absolute Gasteiger partial charge is 0.295 e. The van der Waals surface area contributed by atoms with E-state index < -0.39 is 10.1 Å². The average Bonchev–Trinajstić information content (AvgIpc) is 2.64. The summed E-state index contributed by atoms with van der Waals surface area (Å²) in [6.07, 6.45) is 3.46. The van der Waals surface area contributed by atoms with Crippen LogP contribution in [0.1, 0.15) is 33.1 Å². The Labute approximate surface area is 172 Å². The summed E-state index contributed by atoms with van der Waals surface area (Å²) in [4.78, 5) is 2.25. The fourth-order valence-corrected chi connectivity index (χ4v) is 4.56. The van der Waals surface area contributed by atoms with E-state index in [1.54, 1.807) is 24.3 Å². The quantitative estimate of drug-likeness (QED) is 0.645. The lowest BCUT2D eigenvalue weighted by molar-refractivity contribution is 0.0452. The zero-order valence-corrected chi connectivity index (χ0v) is 17.8. The number of aliphatic hydroxyl groups is 1. The fraction of sp³-hybridized carbons (Fsp3) is 0.500. The van der Waals surface area contributed by atoms with Gasteiger partial charge in [-0.25, -0.2) is 0 Å². The molecule has 1 fully saturated rings. The third-order valence-corrected chi connectivity index (χ3v) is 6.42. The first-order valence-corrected chi connectivity index (χ1v) is 11.3. The van der Waals surface area contributed by atoms with Crippen LogP contribution >= 0.6 is 11.6 Å². The van der Waals surface area contributed by atoms with Crippen LogP contribution in [0.5, 0.6) is 0 Å². The maximum atomic E-state index is 11.1. The summed E-state index contributed by atoms with van der Waals surface area (Å²) in [6, 6.07) is 10.7. The molecule has 2 aromatic carbocycles. The van der Waals surface area contributed by atoms with Gasteiger partial charge in [0.25, 0.3) is 10.1 Å². The van der Waals surface area contributed by atoms with Crippen LogP contribution in [-0.4, -0.2) is 54.3 Å². The lowest BCUT2D eigenvalue weighted by atomic mass is 9.97. The van der Waals surface area contributed by atoms with Gasteiger partial charge in [-0.2, -0.15) is 8.42 Å². The van der Waals surface area contributed by atoms with Crippen molar-refractivity contribution in [2.24, 2.45) is 5.73 Å².